The van der Waals surface area contributed by atoms with Gasteiger partial charge in [-0.25, -0.2) is 4.79 Å². The predicted octanol–water partition coefficient (Wildman–Crippen LogP) is 3.79. The molecule has 0 saturated carbocycles. The first-order chi connectivity index (χ1) is 10.8. The van der Waals surface area contributed by atoms with Gasteiger partial charge in [-0.05, 0) is 65.0 Å². The Morgan fingerprint density at radius 3 is 2.39 bits per heavy atom. The lowest BCUT2D eigenvalue weighted by Crippen LogP contribution is -2.55. The summed E-state index contributed by atoms with van der Waals surface area (Å²) in [6, 6.07) is 1.95. The van der Waals surface area contributed by atoms with Crippen LogP contribution < -0.4 is 5.32 Å². The van der Waals surface area contributed by atoms with Crippen molar-refractivity contribution in [2.24, 2.45) is 0 Å². The minimum Gasteiger partial charge on any atom is -0.444 e. The minimum absolute atomic E-state index is 0.106. The molecule has 0 aromatic carbocycles. The average Bonchev–Trinajstić information content (AvgIpc) is 2.72. The summed E-state index contributed by atoms with van der Waals surface area (Å²) in [5.74, 6) is 1.31. The number of hydrogen-bond acceptors (Lipinski definition) is 4. The normalized spacial score (nSPS) is 37.7. The second-order valence-electron chi connectivity index (χ2n) is 8.43. The molecule has 2 bridgehead atoms. The Morgan fingerprint density at radius 2 is 1.83 bits per heavy atom. The van der Waals surface area contributed by atoms with E-state index in [1.807, 2.05) is 25.7 Å². The number of nitrogens with one attached hydrogen (secondary N) is 1. The van der Waals surface area contributed by atoms with Crippen LogP contribution in [0.25, 0.3) is 0 Å². The second kappa shape index (κ2) is 6.83. The number of nitrogens with zero attached hydrogens (tertiary/aromatic N) is 1. The molecule has 3 aliphatic rings. The van der Waals surface area contributed by atoms with Crippen LogP contribution in [-0.2, 0) is 4.74 Å². The van der Waals surface area contributed by atoms with Crippen LogP contribution in [-0.4, -0.2) is 51.8 Å². The van der Waals surface area contributed by atoms with Gasteiger partial charge in [0.15, 0.2) is 0 Å². The Kier molecular flexibility index (Phi) is 5.17. The number of rotatable bonds is 2. The molecule has 1 N–H and O–H groups in total. The summed E-state index contributed by atoms with van der Waals surface area (Å²) in [6.45, 7) is 8.20. The summed E-state index contributed by atoms with van der Waals surface area (Å²) < 4.78 is 5.62. The lowest BCUT2D eigenvalue weighted by molar-refractivity contribution is 0.00422. The Bertz CT molecular complexity index is 423. The van der Waals surface area contributed by atoms with E-state index in [0.717, 1.165) is 25.7 Å². The van der Waals surface area contributed by atoms with Crippen molar-refractivity contribution in [2.45, 2.75) is 101 Å². The van der Waals surface area contributed by atoms with Gasteiger partial charge in [0.05, 0.1) is 0 Å². The summed E-state index contributed by atoms with van der Waals surface area (Å²) in [5.41, 5.74) is -0.402. The Labute approximate surface area is 145 Å². The van der Waals surface area contributed by atoms with Gasteiger partial charge in [-0.1, -0.05) is 6.92 Å². The third-order valence-electron chi connectivity index (χ3n) is 5.39. The van der Waals surface area contributed by atoms with Gasteiger partial charge in [0.25, 0.3) is 0 Å². The van der Waals surface area contributed by atoms with Gasteiger partial charge in [-0.15, -0.1) is 0 Å². The monoisotopic (exact) mass is 340 g/mol. The smallest absolute Gasteiger partial charge is 0.410 e. The molecule has 0 aliphatic carbocycles. The molecule has 132 valence electrons. The molecule has 0 aromatic rings. The predicted molar refractivity (Wildman–Crippen MR) is 96.0 cm³/mol. The maximum Gasteiger partial charge on any atom is 0.410 e. The van der Waals surface area contributed by atoms with Gasteiger partial charge in [0.2, 0.25) is 0 Å². The second-order valence-corrected chi connectivity index (χ2v) is 9.92. The van der Waals surface area contributed by atoms with Gasteiger partial charge < -0.3 is 15.0 Å². The van der Waals surface area contributed by atoms with Gasteiger partial charge in [0, 0.05) is 29.4 Å². The lowest BCUT2D eigenvalue weighted by Gasteiger charge is -2.42. The largest absolute Gasteiger partial charge is 0.444 e. The van der Waals surface area contributed by atoms with Crippen molar-refractivity contribution in [3.63, 3.8) is 0 Å². The topological polar surface area (TPSA) is 41.6 Å². The maximum absolute atomic E-state index is 12.5. The molecule has 1 amide bonds. The standard InChI is InChI=1S/C18H32N2O2S/c1-12-16(6-5-9-23-12)19-13-10-14-7-8-15(11-13)20(14)17(21)22-18(2,3)4/h12-16,19H,5-11H2,1-4H3. The number of hydrogen-bond donors (Lipinski definition) is 1. The minimum atomic E-state index is -0.402. The fourth-order valence-electron chi connectivity index (χ4n) is 4.37. The maximum atomic E-state index is 12.5. The third kappa shape index (κ3) is 4.16. The van der Waals surface area contributed by atoms with E-state index in [2.05, 4.69) is 24.0 Å². The lowest BCUT2D eigenvalue weighted by atomic mass is 9.95. The highest BCUT2D eigenvalue weighted by atomic mass is 32.2. The molecule has 3 heterocycles. The molecule has 23 heavy (non-hydrogen) atoms. The fourth-order valence-corrected chi connectivity index (χ4v) is 5.52. The van der Waals surface area contributed by atoms with Crippen LogP contribution in [0.15, 0.2) is 0 Å². The van der Waals surface area contributed by atoms with Gasteiger partial charge in [-0.3, -0.25) is 0 Å². The molecule has 0 spiro atoms. The first kappa shape index (κ1) is 17.4. The highest BCUT2D eigenvalue weighted by Crippen LogP contribution is 2.37. The summed E-state index contributed by atoms with van der Waals surface area (Å²) in [4.78, 5) is 14.5. The zero-order chi connectivity index (χ0) is 16.6. The summed E-state index contributed by atoms with van der Waals surface area (Å²) in [6.07, 6.45) is 6.97. The number of ether oxygens (including phenoxy) is 1. The molecule has 0 radical (unpaired) electrons. The molecule has 3 aliphatic heterocycles. The van der Waals surface area contributed by atoms with Crippen LogP contribution in [0.1, 0.15) is 66.2 Å². The van der Waals surface area contributed by atoms with E-state index in [4.69, 9.17) is 4.74 Å². The van der Waals surface area contributed by atoms with Crippen LogP contribution in [0.5, 0.6) is 0 Å². The SMILES string of the molecule is CC1SCCCC1NC1CC2CCC(C1)N2C(=O)OC(C)(C)C. The number of amides is 1. The Hall–Kier alpha value is -0.420. The molecular weight excluding hydrogens is 308 g/mol. The summed E-state index contributed by atoms with van der Waals surface area (Å²) in [5, 5.41) is 4.63. The van der Waals surface area contributed by atoms with Crippen molar-refractivity contribution in [3.05, 3.63) is 0 Å². The van der Waals surface area contributed by atoms with E-state index in [1.54, 1.807) is 0 Å². The zero-order valence-electron chi connectivity index (χ0n) is 15.0. The summed E-state index contributed by atoms with van der Waals surface area (Å²) in [7, 11) is 0. The van der Waals surface area contributed by atoms with Crippen molar-refractivity contribution in [2.75, 3.05) is 5.75 Å². The van der Waals surface area contributed by atoms with Crippen LogP contribution >= 0.6 is 11.8 Å². The van der Waals surface area contributed by atoms with E-state index in [9.17, 15) is 4.79 Å². The van der Waals surface area contributed by atoms with Crippen molar-refractivity contribution in [1.82, 2.24) is 10.2 Å². The van der Waals surface area contributed by atoms with E-state index in [0.29, 0.717) is 29.4 Å². The van der Waals surface area contributed by atoms with Crippen LogP contribution in [0.4, 0.5) is 4.79 Å². The number of carbonyl (C=O) groups is 1. The van der Waals surface area contributed by atoms with Crippen LogP contribution in [0, 0.1) is 0 Å². The highest BCUT2D eigenvalue weighted by Gasteiger charge is 2.45. The molecule has 3 fully saturated rings. The van der Waals surface area contributed by atoms with E-state index >= 15 is 0 Å². The molecule has 3 rings (SSSR count). The van der Waals surface area contributed by atoms with Crippen LogP contribution in [0.2, 0.25) is 0 Å². The molecule has 0 aromatic heterocycles. The average molecular weight is 341 g/mol. The van der Waals surface area contributed by atoms with Crippen molar-refractivity contribution in [1.29, 1.82) is 0 Å². The number of thioether (sulfide) groups is 1. The number of carbonyl (C=O) groups excluding carboxylic acids is 1. The molecule has 4 atom stereocenters. The molecule has 3 saturated heterocycles. The van der Waals surface area contributed by atoms with E-state index < -0.39 is 5.60 Å². The molecule has 5 heteroatoms. The van der Waals surface area contributed by atoms with Crippen molar-refractivity contribution >= 4 is 17.9 Å². The van der Waals surface area contributed by atoms with E-state index in [1.165, 1.54) is 18.6 Å². The highest BCUT2D eigenvalue weighted by molar-refractivity contribution is 7.99. The van der Waals surface area contributed by atoms with Crippen molar-refractivity contribution < 1.29 is 9.53 Å². The van der Waals surface area contributed by atoms with Gasteiger partial charge in [0.1, 0.15) is 5.60 Å². The molecular formula is C18H32N2O2S. The molecule has 4 nitrogen and oxygen atoms in total. The quantitative estimate of drug-likeness (QED) is 0.830. The first-order valence-electron chi connectivity index (χ1n) is 9.22. The Balaban J connectivity index is 1.57. The van der Waals surface area contributed by atoms with Crippen LogP contribution in [0.3, 0.4) is 0 Å². The van der Waals surface area contributed by atoms with Gasteiger partial charge in [-0.2, -0.15) is 11.8 Å². The van der Waals surface area contributed by atoms with E-state index in [-0.39, 0.29) is 6.09 Å². The number of fused-ring (bicyclic) bond motifs is 2. The summed E-state index contributed by atoms with van der Waals surface area (Å²) >= 11 is 2.10. The third-order valence-corrected chi connectivity index (χ3v) is 6.77. The number of piperidine rings is 1. The zero-order valence-corrected chi connectivity index (χ0v) is 15.8. The van der Waals surface area contributed by atoms with Crippen molar-refractivity contribution in [3.8, 4) is 0 Å². The first-order valence-corrected chi connectivity index (χ1v) is 10.3. The van der Waals surface area contributed by atoms with Gasteiger partial charge >= 0.3 is 6.09 Å². The Morgan fingerprint density at radius 1 is 1.17 bits per heavy atom. The molecule has 4 unspecified atom stereocenters. The fraction of sp³-hybridized carbons (Fsp3) is 0.944.